The Morgan fingerprint density at radius 2 is 2.00 bits per heavy atom. The highest BCUT2D eigenvalue weighted by atomic mass is 35.5. The molecule has 19 heavy (non-hydrogen) atoms. The van der Waals surface area contributed by atoms with Gasteiger partial charge in [-0.25, -0.2) is 4.98 Å². The van der Waals surface area contributed by atoms with E-state index >= 15 is 0 Å². The predicted molar refractivity (Wildman–Crippen MR) is 75.7 cm³/mol. The molecule has 3 rings (SSSR count). The Balaban J connectivity index is 1.77. The highest BCUT2D eigenvalue weighted by Gasteiger charge is 2.13. The Hall–Kier alpha value is -1.67. The van der Waals surface area contributed by atoms with Crippen LogP contribution < -0.4 is 0 Å². The molecule has 96 valence electrons. The Labute approximate surface area is 117 Å². The summed E-state index contributed by atoms with van der Waals surface area (Å²) in [5, 5.41) is 0.411. The van der Waals surface area contributed by atoms with Crippen LogP contribution in [0.25, 0.3) is 0 Å². The largest absolute Gasteiger partial charge is 0.294 e. The predicted octanol–water partition coefficient (Wildman–Crippen LogP) is 3.65. The summed E-state index contributed by atoms with van der Waals surface area (Å²) < 4.78 is 0. The molecule has 3 heteroatoms. The first kappa shape index (κ1) is 12.4. The second-order valence-electron chi connectivity index (χ2n) is 4.93. The van der Waals surface area contributed by atoms with E-state index in [1.165, 1.54) is 30.2 Å². The van der Waals surface area contributed by atoms with Gasteiger partial charge in [0, 0.05) is 18.2 Å². The SMILES string of the molecule is O=C(Cc1ccc2c(c1)CCC2)c1ccc(Cl)nc1. The van der Waals surface area contributed by atoms with Gasteiger partial charge >= 0.3 is 0 Å². The van der Waals surface area contributed by atoms with E-state index in [9.17, 15) is 4.79 Å². The smallest absolute Gasteiger partial charge is 0.168 e. The van der Waals surface area contributed by atoms with Crippen LogP contribution in [0.15, 0.2) is 36.5 Å². The van der Waals surface area contributed by atoms with Crippen molar-refractivity contribution in [2.75, 3.05) is 0 Å². The van der Waals surface area contributed by atoms with E-state index < -0.39 is 0 Å². The molecule has 1 heterocycles. The highest BCUT2D eigenvalue weighted by Crippen LogP contribution is 2.23. The first-order valence-corrected chi connectivity index (χ1v) is 6.85. The standard InChI is InChI=1S/C16H14ClNO/c17-16-7-6-14(10-18-16)15(19)9-11-4-5-12-2-1-3-13(12)8-11/h4-8,10H,1-3,9H2. The molecule has 0 spiro atoms. The molecule has 0 fully saturated rings. The number of ketones is 1. The van der Waals surface area contributed by atoms with E-state index in [1.54, 1.807) is 12.1 Å². The fourth-order valence-electron chi connectivity index (χ4n) is 2.56. The summed E-state index contributed by atoms with van der Waals surface area (Å²) in [4.78, 5) is 16.1. The number of carbonyl (C=O) groups excluding carboxylic acids is 1. The fourth-order valence-corrected chi connectivity index (χ4v) is 2.68. The Kier molecular flexibility index (Phi) is 3.34. The van der Waals surface area contributed by atoms with Crippen molar-refractivity contribution in [2.45, 2.75) is 25.7 Å². The van der Waals surface area contributed by atoms with Crippen molar-refractivity contribution in [1.29, 1.82) is 0 Å². The van der Waals surface area contributed by atoms with E-state index in [1.807, 2.05) is 0 Å². The maximum Gasteiger partial charge on any atom is 0.168 e. The van der Waals surface area contributed by atoms with Gasteiger partial charge in [0.05, 0.1) is 0 Å². The summed E-state index contributed by atoms with van der Waals surface area (Å²) >= 11 is 5.72. The van der Waals surface area contributed by atoms with Crippen LogP contribution in [0, 0.1) is 0 Å². The summed E-state index contributed by atoms with van der Waals surface area (Å²) in [7, 11) is 0. The summed E-state index contributed by atoms with van der Waals surface area (Å²) in [5.41, 5.74) is 4.54. The van der Waals surface area contributed by atoms with Gasteiger partial charge in [-0.15, -0.1) is 0 Å². The zero-order chi connectivity index (χ0) is 13.2. The average molecular weight is 272 g/mol. The summed E-state index contributed by atoms with van der Waals surface area (Å²) in [5.74, 6) is 0.0853. The van der Waals surface area contributed by atoms with Crippen molar-refractivity contribution in [3.63, 3.8) is 0 Å². The molecule has 0 amide bonds. The Morgan fingerprint density at radius 3 is 2.79 bits per heavy atom. The first-order valence-electron chi connectivity index (χ1n) is 6.48. The van der Waals surface area contributed by atoms with E-state index in [-0.39, 0.29) is 5.78 Å². The van der Waals surface area contributed by atoms with Gasteiger partial charge in [0.2, 0.25) is 0 Å². The summed E-state index contributed by atoms with van der Waals surface area (Å²) in [6, 6.07) is 9.77. The quantitative estimate of drug-likeness (QED) is 0.630. The van der Waals surface area contributed by atoms with E-state index in [2.05, 4.69) is 23.2 Å². The van der Waals surface area contributed by atoms with Gasteiger partial charge in [-0.2, -0.15) is 0 Å². The number of aryl methyl sites for hydroxylation is 2. The van der Waals surface area contributed by atoms with Gasteiger partial charge in [-0.1, -0.05) is 29.8 Å². The Bertz CT molecular complexity index is 619. The lowest BCUT2D eigenvalue weighted by Gasteiger charge is -2.05. The van der Waals surface area contributed by atoms with Crippen LogP contribution in [-0.2, 0) is 19.3 Å². The van der Waals surface area contributed by atoms with Crippen LogP contribution in [0.3, 0.4) is 0 Å². The van der Waals surface area contributed by atoms with Crippen molar-refractivity contribution < 1.29 is 4.79 Å². The second-order valence-corrected chi connectivity index (χ2v) is 5.31. The molecule has 1 aromatic carbocycles. The van der Waals surface area contributed by atoms with Gasteiger partial charge < -0.3 is 0 Å². The first-order chi connectivity index (χ1) is 9.22. The molecule has 0 bridgehead atoms. The van der Waals surface area contributed by atoms with Crippen LogP contribution in [0.4, 0.5) is 0 Å². The third-order valence-corrected chi connectivity index (χ3v) is 3.80. The maximum atomic E-state index is 12.1. The molecule has 1 aromatic heterocycles. The van der Waals surface area contributed by atoms with Gasteiger partial charge in [0.1, 0.15) is 5.15 Å². The van der Waals surface area contributed by atoms with Crippen molar-refractivity contribution >= 4 is 17.4 Å². The van der Waals surface area contributed by atoms with Crippen LogP contribution in [0.2, 0.25) is 5.15 Å². The molecule has 1 aliphatic rings. The third-order valence-electron chi connectivity index (χ3n) is 3.58. The number of fused-ring (bicyclic) bond motifs is 1. The van der Waals surface area contributed by atoms with E-state index in [4.69, 9.17) is 11.6 Å². The molecule has 0 atom stereocenters. The number of rotatable bonds is 3. The van der Waals surface area contributed by atoms with Crippen molar-refractivity contribution in [1.82, 2.24) is 4.98 Å². The summed E-state index contributed by atoms with van der Waals surface area (Å²) in [6.45, 7) is 0. The molecule has 2 aromatic rings. The number of benzene rings is 1. The summed E-state index contributed by atoms with van der Waals surface area (Å²) in [6.07, 6.45) is 5.51. The number of nitrogens with zero attached hydrogens (tertiary/aromatic N) is 1. The minimum absolute atomic E-state index is 0.0853. The topological polar surface area (TPSA) is 30.0 Å². The normalized spacial score (nSPS) is 13.3. The van der Waals surface area contributed by atoms with Crippen LogP contribution in [0.5, 0.6) is 0 Å². The lowest BCUT2D eigenvalue weighted by atomic mass is 10.0. The Morgan fingerprint density at radius 1 is 1.16 bits per heavy atom. The zero-order valence-electron chi connectivity index (χ0n) is 10.5. The van der Waals surface area contributed by atoms with Crippen molar-refractivity contribution in [2.24, 2.45) is 0 Å². The van der Waals surface area contributed by atoms with Crippen molar-refractivity contribution in [3.8, 4) is 0 Å². The molecular weight excluding hydrogens is 258 g/mol. The number of aromatic nitrogens is 1. The number of hydrogen-bond donors (Lipinski definition) is 0. The van der Waals surface area contributed by atoms with Crippen LogP contribution >= 0.6 is 11.6 Å². The fraction of sp³-hybridized carbons (Fsp3) is 0.250. The lowest BCUT2D eigenvalue weighted by Crippen LogP contribution is -2.04. The number of pyridine rings is 1. The highest BCUT2D eigenvalue weighted by molar-refractivity contribution is 6.29. The molecular formula is C16H14ClNO. The molecule has 2 nitrogen and oxygen atoms in total. The zero-order valence-corrected chi connectivity index (χ0v) is 11.3. The number of halogens is 1. The molecule has 0 aliphatic heterocycles. The lowest BCUT2D eigenvalue weighted by molar-refractivity contribution is 0.0992. The van der Waals surface area contributed by atoms with E-state index in [0.717, 1.165) is 12.0 Å². The second kappa shape index (κ2) is 5.14. The number of hydrogen-bond acceptors (Lipinski definition) is 2. The van der Waals surface area contributed by atoms with Crippen LogP contribution in [-0.4, -0.2) is 10.8 Å². The number of carbonyl (C=O) groups is 1. The minimum atomic E-state index is 0.0853. The molecule has 0 N–H and O–H groups in total. The third kappa shape index (κ3) is 2.69. The van der Waals surface area contributed by atoms with Gasteiger partial charge in [-0.05, 0) is 48.1 Å². The van der Waals surface area contributed by atoms with Crippen molar-refractivity contribution in [3.05, 3.63) is 63.9 Å². The minimum Gasteiger partial charge on any atom is -0.294 e. The van der Waals surface area contributed by atoms with E-state index in [0.29, 0.717) is 17.1 Å². The monoisotopic (exact) mass is 271 g/mol. The van der Waals surface area contributed by atoms with Gasteiger partial charge in [0.15, 0.2) is 5.78 Å². The molecule has 0 saturated heterocycles. The maximum absolute atomic E-state index is 12.1. The van der Waals surface area contributed by atoms with Gasteiger partial charge in [0.25, 0.3) is 0 Å². The molecule has 1 aliphatic carbocycles. The average Bonchev–Trinajstić information content (AvgIpc) is 2.87. The van der Waals surface area contributed by atoms with Gasteiger partial charge in [-0.3, -0.25) is 4.79 Å². The molecule has 0 radical (unpaired) electrons. The molecule has 0 saturated carbocycles. The van der Waals surface area contributed by atoms with Crippen LogP contribution in [0.1, 0.15) is 33.5 Å². The number of Topliss-reactive ketones (excluding diaryl/α,β-unsaturated/α-hetero) is 1. The molecule has 0 unspecified atom stereocenters.